The van der Waals surface area contributed by atoms with Gasteiger partial charge in [-0.2, -0.15) is 0 Å². The highest BCUT2D eigenvalue weighted by Crippen LogP contribution is 1.89. The van der Waals surface area contributed by atoms with Gasteiger partial charge in [0.25, 0.3) is 5.91 Å². The smallest absolute Gasteiger partial charge is 0.322 e. The van der Waals surface area contributed by atoms with Crippen LogP contribution in [0.2, 0.25) is 0 Å². The Balaban J connectivity index is 2.47. The summed E-state index contributed by atoms with van der Waals surface area (Å²) >= 11 is 0. The van der Waals surface area contributed by atoms with Crippen LogP contribution in [-0.2, 0) is 4.79 Å². The van der Waals surface area contributed by atoms with Gasteiger partial charge in [-0.05, 0) is 0 Å². The maximum absolute atomic E-state index is 11.3. The Kier molecular flexibility index (Phi) is 3.69. The van der Waals surface area contributed by atoms with E-state index in [1.54, 1.807) is 0 Å². The first kappa shape index (κ1) is 11.1. The van der Waals surface area contributed by atoms with E-state index in [0.29, 0.717) is 0 Å². The van der Waals surface area contributed by atoms with E-state index in [2.05, 4.69) is 15.3 Å². The fourth-order valence-electron chi connectivity index (χ4n) is 0.797. The summed E-state index contributed by atoms with van der Waals surface area (Å²) in [7, 11) is 0. The van der Waals surface area contributed by atoms with Crippen molar-refractivity contribution in [2.75, 3.05) is 6.54 Å². The Labute approximate surface area is 85.3 Å². The van der Waals surface area contributed by atoms with E-state index in [-0.39, 0.29) is 12.2 Å². The van der Waals surface area contributed by atoms with Gasteiger partial charge in [0.15, 0.2) is 0 Å². The molecule has 1 aromatic rings. The zero-order valence-corrected chi connectivity index (χ0v) is 7.75. The molecule has 1 aromatic heterocycles. The van der Waals surface area contributed by atoms with Crippen LogP contribution in [-0.4, -0.2) is 39.5 Å². The first-order valence-electron chi connectivity index (χ1n) is 4.14. The number of hydrogen-bond acceptors (Lipinski definition) is 5. The first-order valence-corrected chi connectivity index (χ1v) is 4.14. The molecular weight excluding hydrogens is 200 g/mol. The third kappa shape index (κ3) is 3.31. The van der Waals surface area contributed by atoms with Crippen LogP contribution in [0, 0.1) is 0 Å². The third-order valence-corrected chi connectivity index (χ3v) is 1.60. The number of aliphatic carboxylic acids is 1. The molecule has 1 heterocycles. The predicted octanol–water partition coefficient (Wildman–Crippen LogP) is -1.38. The number of nitrogens with zero attached hydrogens (tertiary/aromatic N) is 2. The van der Waals surface area contributed by atoms with Gasteiger partial charge in [0.05, 0.1) is 6.20 Å². The third-order valence-electron chi connectivity index (χ3n) is 1.60. The summed E-state index contributed by atoms with van der Waals surface area (Å²) in [6.45, 7) is -0.148. The summed E-state index contributed by atoms with van der Waals surface area (Å²) in [5.41, 5.74) is 5.31. The summed E-state index contributed by atoms with van der Waals surface area (Å²) in [6, 6.07) is -1.12. The lowest BCUT2D eigenvalue weighted by Gasteiger charge is -2.07. The van der Waals surface area contributed by atoms with Gasteiger partial charge in [-0.1, -0.05) is 0 Å². The van der Waals surface area contributed by atoms with Crippen LogP contribution in [0.1, 0.15) is 10.5 Å². The fourth-order valence-corrected chi connectivity index (χ4v) is 0.797. The van der Waals surface area contributed by atoms with Gasteiger partial charge in [-0.25, -0.2) is 4.98 Å². The fraction of sp³-hybridized carbons (Fsp3) is 0.250. The van der Waals surface area contributed by atoms with E-state index >= 15 is 0 Å². The minimum Gasteiger partial charge on any atom is -0.480 e. The molecule has 0 aliphatic heterocycles. The number of nitrogens with two attached hydrogens (primary N) is 1. The molecule has 0 bridgehead atoms. The lowest BCUT2D eigenvalue weighted by atomic mass is 10.3. The molecule has 0 saturated heterocycles. The summed E-state index contributed by atoms with van der Waals surface area (Å²) < 4.78 is 0. The number of aromatic nitrogens is 2. The monoisotopic (exact) mass is 210 g/mol. The average Bonchev–Trinajstić information content (AvgIpc) is 2.26. The molecule has 80 valence electrons. The van der Waals surface area contributed by atoms with Crippen molar-refractivity contribution in [3.8, 4) is 0 Å². The molecule has 0 radical (unpaired) electrons. The molecule has 0 saturated carbocycles. The van der Waals surface area contributed by atoms with Crippen molar-refractivity contribution in [2.24, 2.45) is 5.73 Å². The molecule has 1 atom stereocenters. The number of nitrogens with one attached hydrogen (secondary N) is 1. The van der Waals surface area contributed by atoms with Crippen LogP contribution in [0.4, 0.5) is 0 Å². The predicted molar refractivity (Wildman–Crippen MR) is 50.0 cm³/mol. The highest BCUT2D eigenvalue weighted by Gasteiger charge is 2.13. The SMILES string of the molecule is NC(CNC(=O)c1cnccn1)C(=O)O. The van der Waals surface area contributed by atoms with Gasteiger partial charge in [-0.3, -0.25) is 14.6 Å². The Hall–Kier alpha value is -2.02. The average molecular weight is 210 g/mol. The number of carboxylic acid groups (broad SMARTS) is 1. The number of carboxylic acids is 1. The molecule has 15 heavy (non-hydrogen) atoms. The summed E-state index contributed by atoms with van der Waals surface area (Å²) in [4.78, 5) is 29.1. The highest BCUT2D eigenvalue weighted by molar-refractivity contribution is 5.92. The molecule has 7 nitrogen and oxygen atoms in total. The second kappa shape index (κ2) is 5.01. The van der Waals surface area contributed by atoms with Gasteiger partial charge in [0.1, 0.15) is 11.7 Å². The van der Waals surface area contributed by atoms with Gasteiger partial charge in [0.2, 0.25) is 0 Å². The molecule has 0 aliphatic carbocycles. The summed E-state index contributed by atoms with van der Waals surface area (Å²) in [6.07, 6.45) is 4.08. The summed E-state index contributed by atoms with van der Waals surface area (Å²) in [5, 5.41) is 10.8. The van der Waals surface area contributed by atoms with Crippen LogP contribution >= 0.6 is 0 Å². The molecule has 7 heteroatoms. The van der Waals surface area contributed by atoms with Crippen LogP contribution in [0.15, 0.2) is 18.6 Å². The number of hydrogen-bond donors (Lipinski definition) is 3. The van der Waals surface area contributed by atoms with Crippen LogP contribution in [0.3, 0.4) is 0 Å². The van der Waals surface area contributed by atoms with E-state index in [0.717, 1.165) is 0 Å². The van der Waals surface area contributed by atoms with Crippen molar-refractivity contribution in [3.63, 3.8) is 0 Å². The largest absolute Gasteiger partial charge is 0.480 e. The molecule has 1 rings (SSSR count). The lowest BCUT2D eigenvalue weighted by molar-refractivity contribution is -0.138. The Morgan fingerprint density at radius 3 is 2.80 bits per heavy atom. The second-order valence-electron chi connectivity index (χ2n) is 2.75. The topological polar surface area (TPSA) is 118 Å². The van der Waals surface area contributed by atoms with Gasteiger partial charge in [0, 0.05) is 18.9 Å². The maximum Gasteiger partial charge on any atom is 0.322 e. The van der Waals surface area contributed by atoms with Gasteiger partial charge in [-0.15, -0.1) is 0 Å². The molecule has 1 amide bonds. The first-order chi connectivity index (χ1) is 7.11. The Morgan fingerprint density at radius 2 is 2.27 bits per heavy atom. The molecule has 0 aromatic carbocycles. The number of carbonyl (C=O) groups is 2. The zero-order chi connectivity index (χ0) is 11.3. The van der Waals surface area contributed by atoms with E-state index in [1.165, 1.54) is 18.6 Å². The minimum absolute atomic E-state index is 0.120. The Morgan fingerprint density at radius 1 is 1.53 bits per heavy atom. The van der Waals surface area contributed by atoms with E-state index in [1.807, 2.05) is 0 Å². The second-order valence-corrected chi connectivity index (χ2v) is 2.75. The van der Waals surface area contributed by atoms with Crippen molar-refractivity contribution < 1.29 is 14.7 Å². The quantitative estimate of drug-likeness (QED) is 0.563. The normalized spacial score (nSPS) is 11.8. The van der Waals surface area contributed by atoms with Crippen molar-refractivity contribution in [1.82, 2.24) is 15.3 Å². The van der Waals surface area contributed by atoms with Crippen LogP contribution in [0.25, 0.3) is 0 Å². The van der Waals surface area contributed by atoms with Gasteiger partial charge >= 0.3 is 5.97 Å². The van der Waals surface area contributed by atoms with Gasteiger partial charge < -0.3 is 16.2 Å². The standard InChI is InChI=1S/C8H10N4O3/c9-5(8(14)15)3-12-7(13)6-4-10-1-2-11-6/h1-2,4-5H,3,9H2,(H,12,13)(H,14,15). The van der Waals surface area contributed by atoms with Crippen molar-refractivity contribution in [3.05, 3.63) is 24.3 Å². The minimum atomic E-state index is -1.17. The molecule has 1 unspecified atom stereocenters. The number of amides is 1. The molecule has 0 fully saturated rings. The molecular formula is C8H10N4O3. The molecule has 4 N–H and O–H groups in total. The molecule has 0 aliphatic rings. The number of carbonyl (C=O) groups excluding carboxylic acids is 1. The zero-order valence-electron chi connectivity index (χ0n) is 7.75. The molecule has 0 spiro atoms. The van der Waals surface area contributed by atoms with Crippen LogP contribution < -0.4 is 11.1 Å². The van der Waals surface area contributed by atoms with Crippen molar-refractivity contribution >= 4 is 11.9 Å². The van der Waals surface area contributed by atoms with E-state index < -0.39 is 17.9 Å². The lowest BCUT2D eigenvalue weighted by Crippen LogP contribution is -2.42. The van der Waals surface area contributed by atoms with Crippen molar-refractivity contribution in [2.45, 2.75) is 6.04 Å². The van der Waals surface area contributed by atoms with E-state index in [9.17, 15) is 9.59 Å². The highest BCUT2D eigenvalue weighted by atomic mass is 16.4. The number of rotatable bonds is 4. The summed E-state index contributed by atoms with van der Waals surface area (Å²) in [5.74, 6) is -1.67. The van der Waals surface area contributed by atoms with E-state index in [4.69, 9.17) is 10.8 Å². The maximum atomic E-state index is 11.3. The Bertz CT molecular complexity index is 354. The van der Waals surface area contributed by atoms with Crippen LogP contribution in [0.5, 0.6) is 0 Å². The van der Waals surface area contributed by atoms with Crippen molar-refractivity contribution in [1.29, 1.82) is 0 Å².